The maximum absolute atomic E-state index is 5.61. The highest BCUT2D eigenvalue weighted by Crippen LogP contribution is 2.05. The first kappa shape index (κ1) is 6.46. The van der Waals surface area contributed by atoms with Gasteiger partial charge in [-0.1, -0.05) is 11.5 Å². The van der Waals surface area contributed by atoms with Crippen molar-refractivity contribution in [3.63, 3.8) is 0 Å². The lowest BCUT2D eigenvalue weighted by Crippen LogP contribution is -2.02. The van der Waals surface area contributed by atoms with E-state index in [4.69, 9.17) is 7.85 Å². The molecule has 0 bridgehead atoms. The Morgan fingerprint density at radius 3 is 3.18 bits per heavy atom. The molecule has 0 unspecified atom stereocenters. The van der Waals surface area contributed by atoms with Gasteiger partial charge in [0, 0.05) is 6.20 Å². The average molecular weight is 142 g/mol. The van der Waals surface area contributed by atoms with Crippen LogP contribution < -0.4 is 5.46 Å². The van der Waals surface area contributed by atoms with Gasteiger partial charge in [0.25, 0.3) is 0 Å². The Bertz CT molecular complexity index is 392. The Kier molecular flexibility index (Phi) is 1.25. The lowest BCUT2D eigenvalue weighted by molar-refractivity contribution is 0.963. The summed E-state index contributed by atoms with van der Waals surface area (Å²) < 4.78 is 1.81. The van der Waals surface area contributed by atoms with Crippen molar-refractivity contribution in [1.82, 2.24) is 9.61 Å². The van der Waals surface area contributed by atoms with Crippen LogP contribution in [0.1, 0.15) is 5.56 Å². The van der Waals surface area contributed by atoms with Crippen molar-refractivity contribution < 1.29 is 0 Å². The molecule has 11 heavy (non-hydrogen) atoms. The van der Waals surface area contributed by atoms with Crippen LogP contribution in [0, 0.1) is 6.92 Å². The molecule has 3 heteroatoms. The van der Waals surface area contributed by atoms with E-state index in [0.29, 0.717) is 0 Å². The van der Waals surface area contributed by atoms with Crippen LogP contribution in [0.15, 0.2) is 24.5 Å². The molecule has 0 amide bonds. The van der Waals surface area contributed by atoms with Gasteiger partial charge >= 0.3 is 0 Å². The van der Waals surface area contributed by atoms with Crippen LogP contribution >= 0.6 is 0 Å². The van der Waals surface area contributed by atoms with Crippen LogP contribution in [0.4, 0.5) is 0 Å². The molecule has 0 saturated heterocycles. The first-order valence-electron chi connectivity index (χ1n) is 3.47. The Hall–Kier alpha value is -1.25. The summed E-state index contributed by atoms with van der Waals surface area (Å²) in [6, 6.07) is 3.75. The average Bonchev–Trinajstić information content (AvgIpc) is 2.33. The van der Waals surface area contributed by atoms with Crippen molar-refractivity contribution in [3.8, 4) is 0 Å². The van der Waals surface area contributed by atoms with E-state index in [0.717, 1.165) is 16.5 Å². The Morgan fingerprint density at radius 1 is 1.55 bits per heavy atom. The molecule has 0 aromatic carbocycles. The first-order chi connectivity index (χ1) is 5.27. The minimum Gasteiger partial charge on any atom is -0.241 e. The molecule has 52 valence electrons. The van der Waals surface area contributed by atoms with E-state index < -0.39 is 0 Å². The SMILES string of the molecule is [B]c1ccn2ncc(C)c2c1. The van der Waals surface area contributed by atoms with E-state index in [2.05, 4.69) is 5.10 Å². The number of hydrogen-bond donors (Lipinski definition) is 0. The molecule has 0 spiro atoms. The van der Waals surface area contributed by atoms with Crippen LogP contribution in [0.2, 0.25) is 0 Å². The van der Waals surface area contributed by atoms with Crippen molar-refractivity contribution >= 4 is 18.8 Å². The number of pyridine rings is 1. The van der Waals surface area contributed by atoms with Crippen LogP contribution in [-0.2, 0) is 0 Å². The molecule has 0 aliphatic rings. The second-order valence-corrected chi connectivity index (χ2v) is 2.62. The van der Waals surface area contributed by atoms with Crippen LogP contribution in [0.5, 0.6) is 0 Å². The van der Waals surface area contributed by atoms with Crippen molar-refractivity contribution in [3.05, 3.63) is 30.1 Å². The van der Waals surface area contributed by atoms with Crippen molar-refractivity contribution in [2.45, 2.75) is 6.92 Å². The highest BCUT2D eigenvalue weighted by molar-refractivity contribution is 6.32. The summed E-state index contributed by atoms with van der Waals surface area (Å²) in [6.45, 7) is 2.02. The molecular weight excluding hydrogens is 135 g/mol. The summed E-state index contributed by atoms with van der Waals surface area (Å²) >= 11 is 0. The van der Waals surface area contributed by atoms with Crippen molar-refractivity contribution in [2.75, 3.05) is 0 Å². The number of aromatic nitrogens is 2. The summed E-state index contributed by atoms with van der Waals surface area (Å²) in [4.78, 5) is 0. The van der Waals surface area contributed by atoms with Gasteiger partial charge < -0.3 is 0 Å². The smallest absolute Gasteiger partial charge is 0.113 e. The minimum absolute atomic E-state index is 0.779. The number of fused-ring (bicyclic) bond motifs is 1. The lowest BCUT2D eigenvalue weighted by Gasteiger charge is -1.95. The van der Waals surface area contributed by atoms with Gasteiger partial charge in [0.15, 0.2) is 0 Å². The largest absolute Gasteiger partial charge is 0.241 e. The zero-order chi connectivity index (χ0) is 7.84. The fourth-order valence-electron chi connectivity index (χ4n) is 1.12. The molecule has 2 nitrogen and oxygen atoms in total. The summed E-state index contributed by atoms with van der Waals surface area (Å²) in [5.74, 6) is 0. The van der Waals surface area contributed by atoms with E-state index in [1.165, 1.54) is 0 Å². The Morgan fingerprint density at radius 2 is 2.36 bits per heavy atom. The Labute approximate surface area is 66.3 Å². The molecule has 2 aromatic heterocycles. The number of aryl methyl sites for hydroxylation is 1. The fourth-order valence-corrected chi connectivity index (χ4v) is 1.12. The summed E-state index contributed by atoms with van der Waals surface area (Å²) in [7, 11) is 5.61. The van der Waals surface area contributed by atoms with Gasteiger partial charge in [0.1, 0.15) is 7.85 Å². The summed E-state index contributed by atoms with van der Waals surface area (Å²) in [6.07, 6.45) is 3.69. The van der Waals surface area contributed by atoms with Crippen molar-refractivity contribution in [2.24, 2.45) is 0 Å². The molecule has 2 rings (SSSR count). The van der Waals surface area contributed by atoms with Gasteiger partial charge in [-0.25, -0.2) is 4.52 Å². The highest BCUT2D eigenvalue weighted by atomic mass is 15.2. The summed E-state index contributed by atoms with van der Waals surface area (Å²) in [5, 5.41) is 4.12. The lowest BCUT2D eigenvalue weighted by atomic mass is 9.97. The third-order valence-electron chi connectivity index (χ3n) is 1.74. The maximum atomic E-state index is 5.61. The molecule has 2 aromatic rings. The monoisotopic (exact) mass is 142 g/mol. The van der Waals surface area contributed by atoms with Crippen molar-refractivity contribution in [1.29, 1.82) is 0 Å². The van der Waals surface area contributed by atoms with Gasteiger partial charge in [-0.15, -0.1) is 0 Å². The standard InChI is InChI=1S/C8H7BN2/c1-6-5-10-11-3-2-7(9)4-8(6)11/h2-5H,1H3. The topological polar surface area (TPSA) is 17.3 Å². The van der Waals surface area contributed by atoms with E-state index in [-0.39, 0.29) is 0 Å². The highest BCUT2D eigenvalue weighted by Gasteiger charge is 1.96. The van der Waals surface area contributed by atoms with Gasteiger partial charge in [-0.3, -0.25) is 0 Å². The number of hydrogen-bond acceptors (Lipinski definition) is 1. The Balaban J connectivity index is 2.87. The zero-order valence-electron chi connectivity index (χ0n) is 6.28. The molecule has 0 aliphatic carbocycles. The van der Waals surface area contributed by atoms with Crippen LogP contribution in [0.3, 0.4) is 0 Å². The second kappa shape index (κ2) is 2.12. The summed E-state index contributed by atoms with van der Waals surface area (Å²) in [5.41, 5.74) is 3.00. The predicted molar refractivity (Wildman–Crippen MR) is 45.3 cm³/mol. The fraction of sp³-hybridized carbons (Fsp3) is 0.125. The third-order valence-corrected chi connectivity index (χ3v) is 1.74. The molecule has 0 N–H and O–H groups in total. The van der Waals surface area contributed by atoms with E-state index in [9.17, 15) is 0 Å². The van der Waals surface area contributed by atoms with E-state index in [1.807, 2.05) is 36.0 Å². The van der Waals surface area contributed by atoms with Crippen LogP contribution in [0.25, 0.3) is 5.52 Å². The number of rotatable bonds is 0. The van der Waals surface area contributed by atoms with Gasteiger partial charge in [-0.2, -0.15) is 5.10 Å². The quantitative estimate of drug-likeness (QED) is 0.487. The molecule has 0 fully saturated rings. The molecule has 2 heterocycles. The molecule has 0 saturated carbocycles. The molecule has 0 atom stereocenters. The number of nitrogens with zero attached hydrogens (tertiary/aromatic N) is 2. The predicted octanol–water partition coefficient (Wildman–Crippen LogP) is 0.437. The molecule has 0 aliphatic heterocycles. The van der Waals surface area contributed by atoms with Gasteiger partial charge in [0.2, 0.25) is 0 Å². The van der Waals surface area contributed by atoms with Crippen LogP contribution in [-0.4, -0.2) is 17.5 Å². The normalized spacial score (nSPS) is 10.6. The molecular formula is C8H7BN2. The van der Waals surface area contributed by atoms with Gasteiger partial charge in [-0.05, 0) is 18.6 Å². The third kappa shape index (κ3) is 0.927. The van der Waals surface area contributed by atoms with E-state index in [1.54, 1.807) is 0 Å². The second-order valence-electron chi connectivity index (χ2n) is 2.62. The minimum atomic E-state index is 0.779. The molecule has 2 radical (unpaired) electrons. The van der Waals surface area contributed by atoms with E-state index >= 15 is 0 Å². The maximum Gasteiger partial charge on any atom is 0.113 e. The zero-order valence-corrected chi connectivity index (χ0v) is 6.28. The van der Waals surface area contributed by atoms with Gasteiger partial charge in [0.05, 0.1) is 11.7 Å². The first-order valence-corrected chi connectivity index (χ1v) is 3.47.